The quantitative estimate of drug-likeness (QED) is 0.414. The molecule has 39 valence electrons. The van der Waals surface area contributed by atoms with Crippen LogP contribution in [0.15, 0.2) is 0 Å². The first-order chi connectivity index (χ1) is 2.41. The first-order valence-corrected chi connectivity index (χ1v) is 2.15. The Morgan fingerprint density at radius 1 is 1.17 bits per heavy atom. The Morgan fingerprint density at radius 3 is 1.50 bits per heavy atom. The third kappa shape index (κ3) is 8.84. The number of hydrogen-bond donors (Lipinski definition) is 0. The van der Waals surface area contributed by atoms with E-state index in [-0.39, 0.29) is 31.7 Å². The van der Waals surface area contributed by atoms with Crippen molar-refractivity contribution >= 4 is 10.4 Å². The second-order valence-corrected chi connectivity index (χ2v) is 1.17. The summed E-state index contributed by atoms with van der Waals surface area (Å²) in [5, 5.41) is 1.12. The summed E-state index contributed by atoms with van der Waals surface area (Å²) in [5.74, 6) is 0. The van der Waals surface area contributed by atoms with Gasteiger partial charge in [-0.15, -0.1) is 0 Å². The zero-order valence-corrected chi connectivity index (χ0v) is 4.80. The summed E-state index contributed by atoms with van der Waals surface area (Å²) in [6.07, 6.45) is 0. The van der Waals surface area contributed by atoms with E-state index in [1.807, 2.05) is 0 Å². The van der Waals surface area contributed by atoms with Crippen molar-refractivity contribution in [2.45, 2.75) is 0 Å². The van der Waals surface area contributed by atoms with Gasteiger partial charge in [0.1, 0.15) is 0 Å². The van der Waals surface area contributed by atoms with E-state index < -0.39 is 0 Å². The van der Waals surface area contributed by atoms with Gasteiger partial charge in [-0.3, -0.25) is 0 Å². The Kier molecular flexibility index (Phi) is 14.5. The van der Waals surface area contributed by atoms with Crippen molar-refractivity contribution in [2.75, 3.05) is 0 Å². The van der Waals surface area contributed by atoms with Gasteiger partial charge in [-0.05, 0) is 0 Å². The smallest absolute Gasteiger partial charge is 0 e. The molecule has 0 rings (SSSR count). The van der Waals surface area contributed by atoms with E-state index in [2.05, 4.69) is 0 Å². The second kappa shape index (κ2) is 9.03. The Morgan fingerprint density at radius 2 is 1.50 bits per heavy atom. The Bertz CT molecular complexity index is 40.8. The summed E-state index contributed by atoms with van der Waals surface area (Å²) in [7, 11) is 0. The molecule has 6 heavy (non-hydrogen) atoms. The molecule has 0 aliphatic heterocycles. The van der Waals surface area contributed by atoms with Gasteiger partial charge in [0.2, 0.25) is 0 Å². The predicted molar refractivity (Wildman–Crippen MR) is 13.5 cm³/mol. The summed E-state index contributed by atoms with van der Waals surface area (Å²) >= 11 is 0.0278. The van der Waals surface area contributed by atoms with Crippen LogP contribution in [0.1, 0.15) is 0 Å². The summed E-state index contributed by atoms with van der Waals surface area (Å²) < 4.78 is 0. The standard InChI is InChI=1S/2CHO.Co.Fe/c2*1-2;;/h2*1H;;. The minimum absolute atomic E-state index is 0. The molecule has 0 N–H and O–H groups in total. The van der Waals surface area contributed by atoms with Crippen molar-refractivity contribution in [1.29, 1.82) is 0 Å². The molecule has 1 radical (unpaired) electrons. The maximum atomic E-state index is 9.17. The molecule has 0 aromatic carbocycles. The molecular weight excluding hydrogens is 171 g/mol. The molecule has 0 amide bonds. The Balaban J connectivity index is 0. The van der Waals surface area contributed by atoms with E-state index in [1.165, 1.54) is 0 Å². The van der Waals surface area contributed by atoms with Crippen LogP contribution in [0.25, 0.3) is 0 Å². The zero-order valence-electron chi connectivity index (χ0n) is 2.66. The van der Waals surface area contributed by atoms with Crippen molar-refractivity contribution in [3.05, 3.63) is 0 Å². The number of hydrogen-bond acceptors (Lipinski definition) is 2. The molecule has 0 aromatic heterocycles. The molecule has 0 saturated heterocycles. The summed E-state index contributed by atoms with van der Waals surface area (Å²) in [4.78, 5) is 18.3. The van der Waals surface area contributed by atoms with Crippen molar-refractivity contribution < 1.29 is 41.3 Å². The SMILES string of the molecule is O=[CH][Fe][CH]=O.[Co]. The van der Waals surface area contributed by atoms with Crippen molar-refractivity contribution in [3.63, 3.8) is 0 Å². The Hall–Kier alpha value is 0.366. The van der Waals surface area contributed by atoms with E-state index in [0.717, 1.165) is 0 Å². The maximum absolute atomic E-state index is 9.17. The summed E-state index contributed by atoms with van der Waals surface area (Å²) in [6, 6.07) is 0. The number of carbonyl (C=O) groups excluding carboxylic acids is 2. The molecular formula is C2H2CoFeO2. The summed E-state index contributed by atoms with van der Waals surface area (Å²) in [6.45, 7) is 0. The fourth-order valence-electron chi connectivity index (χ4n) is 0.0196. The van der Waals surface area contributed by atoms with Gasteiger partial charge >= 0.3 is 34.9 Å². The summed E-state index contributed by atoms with van der Waals surface area (Å²) in [5.41, 5.74) is 0. The van der Waals surface area contributed by atoms with Crippen molar-refractivity contribution in [3.8, 4) is 0 Å². The van der Waals surface area contributed by atoms with Gasteiger partial charge in [-0.1, -0.05) is 0 Å². The van der Waals surface area contributed by atoms with Crippen LogP contribution in [0.3, 0.4) is 0 Å². The molecule has 0 spiro atoms. The van der Waals surface area contributed by atoms with Crippen LogP contribution in [0, 0.1) is 0 Å². The van der Waals surface area contributed by atoms with Crippen molar-refractivity contribution in [2.24, 2.45) is 0 Å². The van der Waals surface area contributed by atoms with Crippen LogP contribution in [0.2, 0.25) is 0 Å². The minimum Gasteiger partial charge on any atom is 0 e. The molecule has 4 heteroatoms. The Labute approximate surface area is 52.0 Å². The van der Waals surface area contributed by atoms with Crippen LogP contribution >= 0.6 is 0 Å². The average Bonchev–Trinajstić information content (AvgIpc) is 1.41. The molecule has 0 fully saturated rings. The van der Waals surface area contributed by atoms with E-state index in [4.69, 9.17) is 0 Å². The molecule has 0 saturated carbocycles. The molecule has 0 bridgehead atoms. The van der Waals surface area contributed by atoms with Gasteiger partial charge in [0, 0.05) is 16.8 Å². The van der Waals surface area contributed by atoms with Gasteiger partial charge in [0.25, 0.3) is 0 Å². The third-order valence-electron chi connectivity index (χ3n) is 0.0962. The van der Waals surface area contributed by atoms with Crippen LogP contribution in [-0.4, -0.2) is 10.4 Å². The van der Waals surface area contributed by atoms with Crippen molar-refractivity contribution in [1.82, 2.24) is 0 Å². The second-order valence-electron chi connectivity index (χ2n) is 0.285. The topological polar surface area (TPSA) is 34.1 Å². The number of rotatable bonds is 2. The fourth-order valence-corrected chi connectivity index (χ4v) is 0.0810. The van der Waals surface area contributed by atoms with Crippen LogP contribution in [0.4, 0.5) is 0 Å². The van der Waals surface area contributed by atoms with Gasteiger partial charge in [0.05, 0.1) is 0 Å². The minimum atomic E-state index is 0. The molecule has 2 nitrogen and oxygen atoms in total. The monoisotopic (exact) mass is 173 g/mol. The van der Waals surface area contributed by atoms with Gasteiger partial charge in [-0.25, -0.2) is 0 Å². The molecule has 0 aromatic rings. The van der Waals surface area contributed by atoms with Crippen LogP contribution < -0.4 is 0 Å². The van der Waals surface area contributed by atoms with Gasteiger partial charge < -0.3 is 0 Å². The van der Waals surface area contributed by atoms with Crippen LogP contribution in [-0.2, 0) is 41.3 Å². The molecule has 0 unspecified atom stereocenters. The molecule has 0 aliphatic rings. The first-order valence-electron chi connectivity index (χ1n) is 0.880. The van der Waals surface area contributed by atoms with E-state index in [0.29, 0.717) is 10.4 Å². The molecule has 0 aliphatic carbocycles. The average molecular weight is 173 g/mol. The third-order valence-corrected chi connectivity index (χ3v) is 0.397. The fraction of sp³-hybridized carbons (Fsp3) is 0. The normalized spacial score (nSPS) is 6.00. The number of carbonyl (C=O) groups is 2. The van der Waals surface area contributed by atoms with E-state index in [9.17, 15) is 9.59 Å². The van der Waals surface area contributed by atoms with Crippen LogP contribution in [0.5, 0.6) is 0 Å². The van der Waals surface area contributed by atoms with E-state index >= 15 is 0 Å². The largest absolute Gasteiger partial charge is 0 e. The predicted octanol–water partition coefficient (Wildman–Crippen LogP) is -0.553. The zero-order chi connectivity index (χ0) is 4.12. The molecule has 0 atom stereocenters. The first kappa shape index (κ1) is 9.62. The van der Waals surface area contributed by atoms with E-state index in [1.54, 1.807) is 0 Å². The van der Waals surface area contributed by atoms with Gasteiger partial charge in [-0.2, -0.15) is 0 Å². The molecule has 0 heterocycles. The van der Waals surface area contributed by atoms with Gasteiger partial charge in [0.15, 0.2) is 0 Å². The maximum Gasteiger partial charge on any atom is 0 e.